The summed E-state index contributed by atoms with van der Waals surface area (Å²) < 4.78 is 11.2. The molecule has 1 saturated heterocycles. The third-order valence-corrected chi connectivity index (χ3v) is 5.30. The molecule has 1 heterocycles. The highest BCUT2D eigenvalue weighted by molar-refractivity contribution is 14.0. The maximum atomic E-state index is 5.84. The monoisotopic (exact) mass is 517 g/mol. The fraction of sp³-hybridized carbons (Fsp3) is 0.696. The average Bonchev–Trinajstić information content (AvgIpc) is 2.69. The Bertz CT molecular complexity index is 602. The molecule has 0 amide bonds. The number of nitrogens with zero attached hydrogens (tertiary/aromatic N) is 1. The topological polar surface area (TPSA) is 54.9 Å². The number of hydrogen-bond acceptors (Lipinski definition) is 3. The zero-order valence-corrected chi connectivity index (χ0v) is 21.0. The van der Waals surface area contributed by atoms with E-state index in [0.717, 1.165) is 71.3 Å². The Kier molecular flexibility index (Phi) is 12.8. The summed E-state index contributed by atoms with van der Waals surface area (Å²) in [6.07, 6.45) is 3.24. The Balaban J connectivity index is 0.00000420. The van der Waals surface area contributed by atoms with Gasteiger partial charge in [-0.3, -0.25) is 4.99 Å². The molecule has 0 atom stereocenters. The van der Waals surface area contributed by atoms with Gasteiger partial charge in [-0.05, 0) is 50.2 Å². The standard InChI is InChI=1S/C23H39N3O2.HI/c1-5-24-22(25-13-8-14-28-17-20-11-15-27-16-12-20)26-18-23(3,4)21-10-7-6-9-19(21)2;/h6-7,9-10,20H,5,8,11-18H2,1-4H3,(H2,24,25,26);1H. The lowest BCUT2D eigenvalue weighted by atomic mass is 9.82. The van der Waals surface area contributed by atoms with Crippen LogP contribution in [0.3, 0.4) is 0 Å². The van der Waals surface area contributed by atoms with Crippen LogP contribution >= 0.6 is 24.0 Å². The van der Waals surface area contributed by atoms with E-state index in [0.29, 0.717) is 5.92 Å². The van der Waals surface area contributed by atoms with Crippen LogP contribution < -0.4 is 10.6 Å². The van der Waals surface area contributed by atoms with E-state index in [-0.39, 0.29) is 29.4 Å². The van der Waals surface area contributed by atoms with E-state index < -0.39 is 0 Å². The minimum Gasteiger partial charge on any atom is -0.381 e. The number of ether oxygens (including phenoxy) is 2. The molecule has 29 heavy (non-hydrogen) atoms. The average molecular weight is 517 g/mol. The third-order valence-electron chi connectivity index (χ3n) is 5.30. The molecule has 0 aliphatic carbocycles. The van der Waals surface area contributed by atoms with E-state index in [9.17, 15) is 0 Å². The van der Waals surface area contributed by atoms with Gasteiger partial charge in [0.1, 0.15) is 0 Å². The normalized spacial score (nSPS) is 15.7. The molecule has 2 rings (SSSR count). The molecule has 1 aliphatic rings. The van der Waals surface area contributed by atoms with Crippen molar-refractivity contribution in [3.05, 3.63) is 35.4 Å². The van der Waals surface area contributed by atoms with Crippen LogP contribution in [0.15, 0.2) is 29.3 Å². The van der Waals surface area contributed by atoms with Gasteiger partial charge in [0.05, 0.1) is 6.54 Å². The first-order valence-corrected chi connectivity index (χ1v) is 10.8. The van der Waals surface area contributed by atoms with Gasteiger partial charge in [-0.15, -0.1) is 24.0 Å². The molecule has 0 bridgehead atoms. The van der Waals surface area contributed by atoms with Crippen molar-refractivity contribution in [2.45, 2.75) is 52.4 Å². The van der Waals surface area contributed by atoms with Gasteiger partial charge in [0.15, 0.2) is 5.96 Å². The first-order chi connectivity index (χ1) is 13.5. The highest BCUT2D eigenvalue weighted by atomic mass is 127. The fourth-order valence-electron chi connectivity index (χ4n) is 3.58. The molecule has 1 fully saturated rings. The van der Waals surface area contributed by atoms with Gasteiger partial charge < -0.3 is 20.1 Å². The van der Waals surface area contributed by atoms with Gasteiger partial charge in [0, 0.05) is 44.9 Å². The van der Waals surface area contributed by atoms with Crippen molar-refractivity contribution in [1.29, 1.82) is 0 Å². The first kappa shape index (κ1) is 26.2. The Morgan fingerprint density at radius 1 is 1.21 bits per heavy atom. The zero-order chi connectivity index (χ0) is 20.2. The molecular weight excluding hydrogens is 477 g/mol. The van der Waals surface area contributed by atoms with Crippen LogP contribution in [0.2, 0.25) is 0 Å². The van der Waals surface area contributed by atoms with Crippen LogP contribution in [0, 0.1) is 12.8 Å². The van der Waals surface area contributed by atoms with E-state index in [1.807, 2.05) is 0 Å². The minimum atomic E-state index is 0. The molecule has 0 aromatic heterocycles. The van der Waals surface area contributed by atoms with Gasteiger partial charge in [-0.2, -0.15) is 0 Å². The Labute approximate surface area is 194 Å². The van der Waals surface area contributed by atoms with Crippen molar-refractivity contribution in [3.63, 3.8) is 0 Å². The van der Waals surface area contributed by atoms with Gasteiger partial charge in [-0.25, -0.2) is 0 Å². The zero-order valence-electron chi connectivity index (χ0n) is 18.6. The number of halogens is 1. The molecule has 2 N–H and O–H groups in total. The van der Waals surface area contributed by atoms with Gasteiger partial charge in [-0.1, -0.05) is 38.1 Å². The molecule has 5 nitrogen and oxygen atoms in total. The molecule has 0 saturated carbocycles. The van der Waals surface area contributed by atoms with Crippen LogP contribution in [-0.4, -0.2) is 52.0 Å². The minimum absolute atomic E-state index is 0. The summed E-state index contributed by atoms with van der Waals surface area (Å²) in [5, 5.41) is 6.78. The molecule has 0 unspecified atom stereocenters. The third kappa shape index (κ3) is 9.66. The van der Waals surface area contributed by atoms with Crippen molar-refractivity contribution in [2.24, 2.45) is 10.9 Å². The second-order valence-corrected chi connectivity index (χ2v) is 8.30. The Morgan fingerprint density at radius 2 is 1.93 bits per heavy atom. The lowest BCUT2D eigenvalue weighted by molar-refractivity contribution is 0.0203. The largest absolute Gasteiger partial charge is 0.381 e. The van der Waals surface area contributed by atoms with Crippen LogP contribution in [-0.2, 0) is 14.9 Å². The van der Waals surface area contributed by atoms with Crippen LogP contribution in [0.25, 0.3) is 0 Å². The van der Waals surface area contributed by atoms with E-state index in [1.165, 1.54) is 11.1 Å². The molecule has 0 radical (unpaired) electrons. The maximum Gasteiger partial charge on any atom is 0.191 e. The van der Waals surface area contributed by atoms with Crippen molar-refractivity contribution >= 4 is 29.9 Å². The summed E-state index contributed by atoms with van der Waals surface area (Å²) in [4.78, 5) is 4.83. The predicted octanol–water partition coefficient (Wildman–Crippen LogP) is 4.28. The van der Waals surface area contributed by atoms with Crippen molar-refractivity contribution in [3.8, 4) is 0 Å². The lowest BCUT2D eigenvalue weighted by Crippen LogP contribution is -2.39. The number of rotatable bonds is 10. The summed E-state index contributed by atoms with van der Waals surface area (Å²) in [6.45, 7) is 14.7. The van der Waals surface area contributed by atoms with Gasteiger partial charge in [0.2, 0.25) is 0 Å². The molecule has 1 aromatic rings. The first-order valence-electron chi connectivity index (χ1n) is 10.8. The highest BCUT2D eigenvalue weighted by Gasteiger charge is 2.22. The van der Waals surface area contributed by atoms with Crippen molar-refractivity contribution < 1.29 is 9.47 Å². The Hall–Kier alpha value is -0.860. The van der Waals surface area contributed by atoms with E-state index in [4.69, 9.17) is 14.5 Å². The molecule has 1 aliphatic heterocycles. The summed E-state index contributed by atoms with van der Waals surface area (Å²) in [6, 6.07) is 8.58. The molecule has 0 spiro atoms. The number of aryl methyl sites for hydroxylation is 1. The number of benzene rings is 1. The summed E-state index contributed by atoms with van der Waals surface area (Å²) >= 11 is 0. The van der Waals surface area contributed by atoms with E-state index in [2.05, 4.69) is 62.6 Å². The second-order valence-electron chi connectivity index (χ2n) is 8.30. The Morgan fingerprint density at radius 3 is 2.62 bits per heavy atom. The molecular formula is C23H40IN3O2. The number of hydrogen-bond donors (Lipinski definition) is 2. The summed E-state index contributed by atoms with van der Waals surface area (Å²) in [5.74, 6) is 1.55. The van der Waals surface area contributed by atoms with Crippen LogP contribution in [0.4, 0.5) is 0 Å². The fourth-order valence-corrected chi connectivity index (χ4v) is 3.58. The summed E-state index contributed by atoms with van der Waals surface area (Å²) in [5.41, 5.74) is 2.68. The van der Waals surface area contributed by atoms with E-state index in [1.54, 1.807) is 0 Å². The molecule has 166 valence electrons. The maximum absolute atomic E-state index is 5.84. The summed E-state index contributed by atoms with van der Waals surface area (Å²) in [7, 11) is 0. The predicted molar refractivity (Wildman–Crippen MR) is 133 cm³/mol. The SMILES string of the molecule is CCNC(=NCC(C)(C)c1ccccc1C)NCCCOCC1CCOCC1.I. The lowest BCUT2D eigenvalue weighted by Gasteiger charge is -2.26. The second kappa shape index (κ2) is 14.2. The molecule has 1 aromatic carbocycles. The smallest absolute Gasteiger partial charge is 0.191 e. The number of guanidine groups is 1. The van der Waals surface area contributed by atoms with Crippen LogP contribution in [0.5, 0.6) is 0 Å². The van der Waals surface area contributed by atoms with Crippen molar-refractivity contribution in [1.82, 2.24) is 10.6 Å². The number of nitrogens with one attached hydrogen (secondary N) is 2. The van der Waals surface area contributed by atoms with E-state index >= 15 is 0 Å². The van der Waals surface area contributed by atoms with Gasteiger partial charge in [0.25, 0.3) is 0 Å². The van der Waals surface area contributed by atoms with Gasteiger partial charge >= 0.3 is 0 Å². The van der Waals surface area contributed by atoms with Crippen molar-refractivity contribution in [2.75, 3.05) is 46.1 Å². The molecule has 6 heteroatoms. The van der Waals surface area contributed by atoms with Crippen LogP contribution in [0.1, 0.15) is 51.2 Å². The number of aliphatic imine (C=N–C) groups is 1. The highest BCUT2D eigenvalue weighted by Crippen LogP contribution is 2.26. The quantitative estimate of drug-likeness (QED) is 0.211.